The Hall–Kier alpha value is -1.16. The largest absolute Gasteiger partial charge is 0.323 e. The number of nitrogens with two attached hydrogens (primary N) is 1. The molecular weight excluding hydrogens is 291 g/mol. The van der Waals surface area contributed by atoms with Gasteiger partial charge in [0.1, 0.15) is 11.6 Å². The second-order valence-electron chi connectivity index (χ2n) is 4.18. The van der Waals surface area contributed by atoms with Crippen molar-refractivity contribution in [2.75, 3.05) is 0 Å². The molecule has 0 heterocycles. The van der Waals surface area contributed by atoms with Gasteiger partial charge in [0.2, 0.25) is 0 Å². The molecule has 1 unspecified atom stereocenters. The standard InChI is InChI=1S/C14H11Cl2F2N/c15-9-4-5-10(16)8(6-9)7-13(19)14-11(17)2-1-3-12(14)18/h1-6,13H,7,19H2. The summed E-state index contributed by atoms with van der Waals surface area (Å²) in [6.45, 7) is 0. The maximum atomic E-state index is 13.6. The van der Waals surface area contributed by atoms with Crippen molar-refractivity contribution >= 4 is 23.2 Å². The van der Waals surface area contributed by atoms with Crippen LogP contribution in [0.25, 0.3) is 0 Å². The third-order valence-corrected chi connectivity index (χ3v) is 3.42. The molecular formula is C14H11Cl2F2N. The summed E-state index contributed by atoms with van der Waals surface area (Å²) in [4.78, 5) is 0. The first-order valence-corrected chi connectivity index (χ1v) is 6.38. The molecule has 0 aliphatic rings. The van der Waals surface area contributed by atoms with Gasteiger partial charge in [-0.2, -0.15) is 0 Å². The highest BCUT2D eigenvalue weighted by Gasteiger charge is 2.18. The summed E-state index contributed by atoms with van der Waals surface area (Å²) in [5, 5.41) is 0.970. The molecule has 1 nitrogen and oxygen atoms in total. The highest BCUT2D eigenvalue weighted by molar-refractivity contribution is 6.33. The molecule has 19 heavy (non-hydrogen) atoms. The van der Waals surface area contributed by atoms with Crippen LogP contribution in [0.4, 0.5) is 8.78 Å². The fraction of sp³-hybridized carbons (Fsp3) is 0.143. The molecule has 0 fully saturated rings. The van der Waals surface area contributed by atoms with Crippen LogP contribution in [0.15, 0.2) is 36.4 Å². The van der Waals surface area contributed by atoms with Crippen LogP contribution in [0.1, 0.15) is 17.2 Å². The molecule has 5 heteroatoms. The Kier molecular flexibility index (Phi) is 4.40. The van der Waals surface area contributed by atoms with Crippen LogP contribution in [-0.2, 0) is 6.42 Å². The predicted octanol–water partition coefficient (Wildman–Crippen LogP) is 4.51. The van der Waals surface area contributed by atoms with Crippen LogP contribution in [0.5, 0.6) is 0 Å². The molecule has 2 aromatic carbocycles. The third-order valence-electron chi connectivity index (χ3n) is 2.82. The van der Waals surface area contributed by atoms with Gasteiger partial charge in [0.05, 0.1) is 0 Å². The molecule has 0 saturated carbocycles. The van der Waals surface area contributed by atoms with Crippen molar-refractivity contribution < 1.29 is 8.78 Å². The molecule has 0 aliphatic heterocycles. The van der Waals surface area contributed by atoms with E-state index in [1.807, 2.05) is 0 Å². The van der Waals surface area contributed by atoms with Gasteiger partial charge in [-0.15, -0.1) is 0 Å². The SMILES string of the molecule is NC(Cc1cc(Cl)ccc1Cl)c1c(F)cccc1F. The molecule has 2 N–H and O–H groups in total. The average Bonchev–Trinajstić information content (AvgIpc) is 2.33. The monoisotopic (exact) mass is 301 g/mol. The average molecular weight is 302 g/mol. The zero-order valence-electron chi connectivity index (χ0n) is 9.84. The van der Waals surface area contributed by atoms with Crippen molar-refractivity contribution in [3.05, 3.63) is 69.2 Å². The van der Waals surface area contributed by atoms with E-state index in [-0.39, 0.29) is 12.0 Å². The first kappa shape index (κ1) is 14.3. The lowest BCUT2D eigenvalue weighted by molar-refractivity contribution is 0.524. The molecule has 2 aromatic rings. The van der Waals surface area contributed by atoms with Gasteiger partial charge in [-0.3, -0.25) is 0 Å². The Bertz CT molecular complexity index is 582. The summed E-state index contributed by atoms with van der Waals surface area (Å²) in [7, 11) is 0. The van der Waals surface area contributed by atoms with Gasteiger partial charge in [-0.05, 0) is 42.3 Å². The number of benzene rings is 2. The summed E-state index contributed by atoms with van der Waals surface area (Å²) >= 11 is 11.9. The van der Waals surface area contributed by atoms with Crippen molar-refractivity contribution in [2.45, 2.75) is 12.5 Å². The van der Waals surface area contributed by atoms with Crippen molar-refractivity contribution in [3.8, 4) is 0 Å². The van der Waals surface area contributed by atoms with Gasteiger partial charge >= 0.3 is 0 Å². The smallest absolute Gasteiger partial charge is 0.130 e. The molecule has 0 spiro atoms. The van der Waals surface area contributed by atoms with Gasteiger partial charge < -0.3 is 5.73 Å². The van der Waals surface area contributed by atoms with Crippen molar-refractivity contribution in [1.82, 2.24) is 0 Å². The number of halogens is 4. The van der Waals surface area contributed by atoms with Crippen molar-refractivity contribution in [2.24, 2.45) is 5.73 Å². The lowest BCUT2D eigenvalue weighted by atomic mass is 9.98. The van der Waals surface area contributed by atoms with E-state index in [9.17, 15) is 8.78 Å². The topological polar surface area (TPSA) is 26.0 Å². The Labute approximate surface area is 119 Å². The minimum Gasteiger partial charge on any atom is -0.323 e. The molecule has 1 atom stereocenters. The van der Waals surface area contributed by atoms with Crippen LogP contribution in [-0.4, -0.2) is 0 Å². The molecule has 0 radical (unpaired) electrons. The van der Waals surface area contributed by atoms with Gasteiger partial charge in [0.15, 0.2) is 0 Å². The normalized spacial score (nSPS) is 12.5. The Morgan fingerprint density at radius 1 is 1.05 bits per heavy atom. The van der Waals surface area contributed by atoms with E-state index in [2.05, 4.69) is 0 Å². The molecule has 0 bridgehead atoms. The number of hydrogen-bond acceptors (Lipinski definition) is 1. The maximum absolute atomic E-state index is 13.6. The Morgan fingerprint density at radius 3 is 2.32 bits per heavy atom. The van der Waals surface area contributed by atoms with Gasteiger partial charge in [0, 0.05) is 21.7 Å². The van der Waals surface area contributed by atoms with E-state index in [0.29, 0.717) is 15.6 Å². The van der Waals surface area contributed by atoms with E-state index in [4.69, 9.17) is 28.9 Å². The highest BCUT2D eigenvalue weighted by atomic mass is 35.5. The van der Waals surface area contributed by atoms with Crippen LogP contribution >= 0.6 is 23.2 Å². The second kappa shape index (κ2) is 5.87. The molecule has 0 aliphatic carbocycles. The summed E-state index contributed by atoms with van der Waals surface area (Å²) in [6, 6.07) is 7.75. The molecule has 0 aromatic heterocycles. The number of hydrogen-bond donors (Lipinski definition) is 1. The lowest BCUT2D eigenvalue weighted by Crippen LogP contribution is -2.17. The predicted molar refractivity (Wildman–Crippen MR) is 73.5 cm³/mol. The van der Waals surface area contributed by atoms with E-state index >= 15 is 0 Å². The lowest BCUT2D eigenvalue weighted by Gasteiger charge is -2.15. The van der Waals surface area contributed by atoms with Crippen LogP contribution < -0.4 is 5.73 Å². The summed E-state index contributed by atoms with van der Waals surface area (Å²) < 4.78 is 27.2. The van der Waals surface area contributed by atoms with E-state index < -0.39 is 17.7 Å². The zero-order valence-corrected chi connectivity index (χ0v) is 11.3. The third kappa shape index (κ3) is 3.24. The first-order chi connectivity index (χ1) is 8.99. The molecule has 0 amide bonds. The first-order valence-electron chi connectivity index (χ1n) is 5.62. The second-order valence-corrected chi connectivity index (χ2v) is 5.03. The summed E-state index contributed by atoms with van der Waals surface area (Å²) in [5.41, 5.74) is 6.38. The van der Waals surface area contributed by atoms with E-state index in [0.717, 1.165) is 0 Å². The van der Waals surface area contributed by atoms with Crippen molar-refractivity contribution in [3.63, 3.8) is 0 Å². The fourth-order valence-electron chi connectivity index (χ4n) is 1.90. The zero-order chi connectivity index (χ0) is 14.0. The van der Waals surface area contributed by atoms with Crippen LogP contribution in [0, 0.1) is 11.6 Å². The minimum absolute atomic E-state index is 0.140. The number of rotatable bonds is 3. The van der Waals surface area contributed by atoms with E-state index in [1.54, 1.807) is 18.2 Å². The van der Waals surface area contributed by atoms with Crippen LogP contribution in [0.2, 0.25) is 10.0 Å². The minimum atomic E-state index is -0.822. The molecule has 0 saturated heterocycles. The van der Waals surface area contributed by atoms with Crippen LogP contribution in [0.3, 0.4) is 0 Å². The molecule has 100 valence electrons. The van der Waals surface area contributed by atoms with Gasteiger partial charge in [-0.25, -0.2) is 8.78 Å². The maximum Gasteiger partial charge on any atom is 0.130 e. The quantitative estimate of drug-likeness (QED) is 0.886. The summed E-state index contributed by atoms with van der Waals surface area (Å²) in [5.74, 6) is -1.32. The Balaban J connectivity index is 2.31. The Morgan fingerprint density at radius 2 is 1.68 bits per heavy atom. The highest BCUT2D eigenvalue weighted by Crippen LogP contribution is 2.27. The van der Waals surface area contributed by atoms with E-state index in [1.165, 1.54) is 18.2 Å². The fourth-order valence-corrected chi connectivity index (χ4v) is 2.29. The van der Waals surface area contributed by atoms with Crippen molar-refractivity contribution in [1.29, 1.82) is 0 Å². The van der Waals surface area contributed by atoms with Gasteiger partial charge in [0.25, 0.3) is 0 Å². The molecule has 2 rings (SSSR count). The summed E-state index contributed by atoms with van der Waals surface area (Å²) in [6.07, 6.45) is 0.206. The van der Waals surface area contributed by atoms with Gasteiger partial charge in [-0.1, -0.05) is 29.3 Å².